The molecule has 0 aromatic heterocycles. The molecule has 0 spiro atoms. The van der Waals surface area contributed by atoms with Crippen molar-refractivity contribution in [3.63, 3.8) is 0 Å². The quantitative estimate of drug-likeness (QED) is 0.868. The van der Waals surface area contributed by atoms with Gasteiger partial charge >= 0.3 is 0 Å². The van der Waals surface area contributed by atoms with Gasteiger partial charge in [0.1, 0.15) is 0 Å². The largest absolute Gasteiger partial charge is 0.396 e. The van der Waals surface area contributed by atoms with Crippen molar-refractivity contribution >= 4 is 5.69 Å². The Morgan fingerprint density at radius 2 is 1.74 bits per heavy atom. The number of nitrogens with one attached hydrogen (secondary N) is 1. The third-order valence-electron chi connectivity index (χ3n) is 2.87. The lowest BCUT2D eigenvalue weighted by molar-refractivity contribution is 0.299. The van der Waals surface area contributed by atoms with Crippen LogP contribution in [0.4, 0.5) is 14.5 Å². The molecule has 0 saturated carbocycles. The summed E-state index contributed by atoms with van der Waals surface area (Å²) < 4.78 is 26.4. The van der Waals surface area contributed by atoms with Gasteiger partial charge in [0.15, 0.2) is 11.6 Å². The lowest BCUT2D eigenvalue weighted by Crippen LogP contribution is -2.03. The molecule has 0 fully saturated rings. The molecule has 0 heterocycles. The van der Waals surface area contributed by atoms with Gasteiger partial charge in [-0.1, -0.05) is 24.3 Å². The van der Waals surface area contributed by atoms with Crippen molar-refractivity contribution in [1.82, 2.24) is 0 Å². The van der Waals surface area contributed by atoms with Crippen LogP contribution in [0.3, 0.4) is 0 Å². The van der Waals surface area contributed by atoms with E-state index in [-0.39, 0.29) is 13.2 Å². The van der Waals surface area contributed by atoms with Crippen molar-refractivity contribution in [2.75, 3.05) is 11.9 Å². The first-order chi connectivity index (χ1) is 9.20. The molecular weight excluding hydrogens is 248 g/mol. The normalized spacial score (nSPS) is 10.5. The Morgan fingerprint density at radius 3 is 2.42 bits per heavy atom. The Hall–Kier alpha value is -1.94. The van der Waals surface area contributed by atoms with Crippen molar-refractivity contribution < 1.29 is 13.9 Å². The summed E-state index contributed by atoms with van der Waals surface area (Å²) in [6.45, 7) is 0.338. The minimum atomic E-state index is -0.836. The minimum absolute atomic E-state index is 0.112. The lowest BCUT2D eigenvalue weighted by Gasteiger charge is -2.08. The van der Waals surface area contributed by atoms with Crippen LogP contribution in [0.2, 0.25) is 0 Å². The van der Waals surface area contributed by atoms with E-state index in [0.717, 1.165) is 17.3 Å². The van der Waals surface area contributed by atoms with E-state index in [9.17, 15) is 8.78 Å². The lowest BCUT2D eigenvalue weighted by atomic mass is 10.1. The molecule has 0 aliphatic carbocycles. The summed E-state index contributed by atoms with van der Waals surface area (Å²) >= 11 is 0. The Bertz CT molecular complexity index is 540. The maximum atomic E-state index is 13.4. The Balaban J connectivity index is 2.00. The topological polar surface area (TPSA) is 32.3 Å². The van der Waals surface area contributed by atoms with Crippen LogP contribution in [-0.2, 0) is 13.0 Å². The standard InChI is InChI=1S/C15H15F2NO/c16-14-3-1-2-12(15(14)17)10-18-13-6-4-11(5-7-13)8-9-19/h1-7,18-19H,8-10H2. The number of hydrogen-bond donors (Lipinski definition) is 2. The highest BCUT2D eigenvalue weighted by Crippen LogP contribution is 2.15. The molecule has 0 unspecified atom stereocenters. The van der Waals surface area contributed by atoms with E-state index in [1.54, 1.807) is 6.07 Å². The maximum absolute atomic E-state index is 13.4. The second-order valence-corrected chi connectivity index (χ2v) is 4.24. The zero-order valence-electron chi connectivity index (χ0n) is 10.4. The molecule has 0 radical (unpaired) electrons. The summed E-state index contributed by atoms with van der Waals surface area (Å²) in [6.07, 6.45) is 0.610. The van der Waals surface area contributed by atoms with E-state index in [0.29, 0.717) is 12.0 Å². The van der Waals surface area contributed by atoms with Crippen LogP contribution in [0.1, 0.15) is 11.1 Å². The average molecular weight is 263 g/mol. The van der Waals surface area contributed by atoms with Crippen LogP contribution in [-0.4, -0.2) is 11.7 Å². The van der Waals surface area contributed by atoms with E-state index in [2.05, 4.69) is 5.32 Å². The highest BCUT2D eigenvalue weighted by atomic mass is 19.2. The predicted molar refractivity (Wildman–Crippen MR) is 70.9 cm³/mol. The number of halogens is 2. The number of rotatable bonds is 5. The first-order valence-corrected chi connectivity index (χ1v) is 6.07. The molecule has 0 bridgehead atoms. The van der Waals surface area contributed by atoms with Gasteiger partial charge in [0.25, 0.3) is 0 Å². The van der Waals surface area contributed by atoms with E-state index >= 15 is 0 Å². The maximum Gasteiger partial charge on any atom is 0.163 e. The molecular formula is C15H15F2NO. The second kappa shape index (κ2) is 6.29. The monoisotopic (exact) mass is 263 g/mol. The molecule has 2 N–H and O–H groups in total. The van der Waals surface area contributed by atoms with Gasteiger partial charge in [-0.3, -0.25) is 0 Å². The van der Waals surface area contributed by atoms with E-state index in [1.807, 2.05) is 24.3 Å². The van der Waals surface area contributed by atoms with Crippen LogP contribution in [0, 0.1) is 11.6 Å². The fraction of sp³-hybridized carbons (Fsp3) is 0.200. The van der Waals surface area contributed by atoms with Crippen LogP contribution >= 0.6 is 0 Å². The van der Waals surface area contributed by atoms with Gasteiger partial charge in [0.2, 0.25) is 0 Å². The van der Waals surface area contributed by atoms with Gasteiger partial charge in [0.05, 0.1) is 0 Å². The summed E-state index contributed by atoms with van der Waals surface area (Å²) in [5, 5.41) is 11.8. The van der Waals surface area contributed by atoms with Crippen molar-refractivity contribution in [3.05, 3.63) is 65.2 Å². The van der Waals surface area contributed by atoms with Gasteiger partial charge in [-0.15, -0.1) is 0 Å². The van der Waals surface area contributed by atoms with Gasteiger partial charge in [-0.25, -0.2) is 8.78 Å². The van der Waals surface area contributed by atoms with E-state index in [1.165, 1.54) is 6.07 Å². The fourth-order valence-electron chi connectivity index (χ4n) is 1.80. The molecule has 0 aliphatic rings. The molecule has 0 saturated heterocycles. The Kier molecular flexibility index (Phi) is 4.47. The number of benzene rings is 2. The van der Waals surface area contributed by atoms with E-state index in [4.69, 9.17) is 5.11 Å². The predicted octanol–water partition coefficient (Wildman–Crippen LogP) is 3.11. The zero-order valence-corrected chi connectivity index (χ0v) is 10.4. The second-order valence-electron chi connectivity index (χ2n) is 4.24. The molecule has 100 valence electrons. The van der Waals surface area contributed by atoms with Gasteiger partial charge in [0, 0.05) is 24.4 Å². The number of anilines is 1. The summed E-state index contributed by atoms with van der Waals surface area (Å²) in [5.74, 6) is -1.65. The van der Waals surface area contributed by atoms with Crippen LogP contribution in [0.5, 0.6) is 0 Å². The summed E-state index contributed by atoms with van der Waals surface area (Å²) in [4.78, 5) is 0. The number of aliphatic hydroxyl groups is 1. The molecule has 2 rings (SSSR count). The van der Waals surface area contributed by atoms with Gasteiger partial charge in [-0.05, 0) is 30.2 Å². The first-order valence-electron chi connectivity index (χ1n) is 6.07. The molecule has 0 aliphatic heterocycles. The third kappa shape index (κ3) is 3.51. The molecule has 2 aromatic rings. The van der Waals surface area contributed by atoms with Crippen molar-refractivity contribution in [1.29, 1.82) is 0 Å². The Labute approximate surface area is 110 Å². The number of aliphatic hydroxyl groups excluding tert-OH is 1. The van der Waals surface area contributed by atoms with E-state index < -0.39 is 11.6 Å². The number of hydrogen-bond acceptors (Lipinski definition) is 2. The van der Waals surface area contributed by atoms with Crippen LogP contribution in [0.15, 0.2) is 42.5 Å². The van der Waals surface area contributed by atoms with Crippen LogP contribution < -0.4 is 5.32 Å². The van der Waals surface area contributed by atoms with Crippen LogP contribution in [0.25, 0.3) is 0 Å². The zero-order chi connectivity index (χ0) is 13.7. The van der Waals surface area contributed by atoms with Gasteiger partial charge < -0.3 is 10.4 Å². The van der Waals surface area contributed by atoms with Gasteiger partial charge in [-0.2, -0.15) is 0 Å². The molecule has 0 amide bonds. The SMILES string of the molecule is OCCc1ccc(NCc2cccc(F)c2F)cc1. The van der Waals surface area contributed by atoms with Crippen molar-refractivity contribution in [2.45, 2.75) is 13.0 Å². The Morgan fingerprint density at radius 1 is 1.00 bits per heavy atom. The molecule has 0 atom stereocenters. The highest BCUT2D eigenvalue weighted by molar-refractivity contribution is 5.45. The highest BCUT2D eigenvalue weighted by Gasteiger charge is 2.06. The summed E-state index contributed by atoms with van der Waals surface area (Å²) in [7, 11) is 0. The average Bonchev–Trinajstić information content (AvgIpc) is 2.42. The first kappa shape index (κ1) is 13.5. The fourth-order valence-corrected chi connectivity index (χ4v) is 1.80. The molecule has 2 aromatic carbocycles. The minimum Gasteiger partial charge on any atom is -0.396 e. The van der Waals surface area contributed by atoms with Crippen molar-refractivity contribution in [2.24, 2.45) is 0 Å². The summed E-state index contributed by atoms with van der Waals surface area (Å²) in [5.41, 5.74) is 2.15. The third-order valence-corrected chi connectivity index (χ3v) is 2.87. The smallest absolute Gasteiger partial charge is 0.163 e. The molecule has 19 heavy (non-hydrogen) atoms. The molecule has 4 heteroatoms. The summed E-state index contributed by atoms with van der Waals surface area (Å²) in [6, 6.07) is 11.6. The molecule has 2 nitrogen and oxygen atoms in total. The van der Waals surface area contributed by atoms with Crippen molar-refractivity contribution in [3.8, 4) is 0 Å².